The van der Waals surface area contributed by atoms with Gasteiger partial charge in [0.25, 0.3) is 0 Å². The third-order valence-corrected chi connectivity index (χ3v) is 3.92. The van der Waals surface area contributed by atoms with E-state index < -0.39 is 28.8 Å². The molecule has 0 saturated heterocycles. The zero-order chi connectivity index (χ0) is 13.3. The molecule has 0 fully saturated rings. The Hall–Kier alpha value is -1.14. The molecule has 0 unspecified atom stereocenters. The molecule has 2 atom stereocenters. The van der Waals surface area contributed by atoms with Gasteiger partial charge < -0.3 is 4.74 Å². The Bertz CT molecular complexity index is 524. The van der Waals surface area contributed by atoms with Gasteiger partial charge in [0.15, 0.2) is 11.6 Å². The summed E-state index contributed by atoms with van der Waals surface area (Å²) in [6.45, 7) is 0. The lowest BCUT2D eigenvalue weighted by Crippen LogP contribution is -2.24. The lowest BCUT2D eigenvalue weighted by Gasteiger charge is -2.16. The number of nitrogens with zero attached hydrogens (tertiary/aromatic N) is 1. The molecule has 18 heavy (non-hydrogen) atoms. The van der Waals surface area contributed by atoms with Gasteiger partial charge in [-0.2, -0.15) is 0 Å². The average Bonchev–Trinajstić information content (AvgIpc) is 2.84. The summed E-state index contributed by atoms with van der Waals surface area (Å²) >= 11 is 6.77. The Morgan fingerprint density at radius 1 is 1.50 bits per heavy atom. The number of carbonyl (C=O) groups is 1. The summed E-state index contributed by atoms with van der Waals surface area (Å²) < 4.78 is 34.9. The molecule has 3 nitrogen and oxygen atoms in total. The maximum Gasteiger partial charge on any atom is 0.321 e. The number of carbonyl (C=O) groups excluding carboxylic acids is 1. The molecule has 2 rings (SSSR count). The van der Waals surface area contributed by atoms with Crippen molar-refractivity contribution in [2.45, 2.75) is 11.2 Å². The number of benzene rings is 1. The Morgan fingerprint density at radius 3 is 2.89 bits per heavy atom. The van der Waals surface area contributed by atoms with Crippen molar-refractivity contribution >= 4 is 35.7 Å². The first-order valence-corrected chi connectivity index (χ1v) is 6.18. The van der Waals surface area contributed by atoms with Gasteiger partial charge in [-0.1, -0.05) is 17.7 Å². The molecule has 0 N–H and O–H groups in total. The van der Waals surface area contributed by atoms with E-state index in [1.54, 1.807) is 0 Å². The van der Waals surface area contributed by atoms with E-state index in [1.807, 2.05) is 0 Å². The predicted molar refractivity (Wildman–Crippen MR) is 66.0 cm³/mol. The van der Waals surface area contributed by atoms with Gasteiger partial charge in [-0.15, -0.1) is 0 Å². The fourth-order valence-electron chi connectivity index (χ4n) is 1.66. The van der Waals surface area contributed by atoms with Crippen LogP contribution in [0.4, 0.5) is 8.78 Å². The van der Waals surface area contributed by atoms with Gasteiger partial charge in [0.2, 0.25) is 0 Å². The van der Waals surface area contributed by atoms with Crippen LogP contribution in [0.3, 0.4) is 0 Å². The summed E-state index contributed by atoms with van der Waals surface area (Å²) in [5.41, 5.74) is 0.319. The number of ether oxygens (including phenoxy) is 1. The molecule has 0 radical (unpaired) electrons. The highest BCUT2D eigenvalue weighted by atomic mass is 35.5. The van der Waals surface area contributed by atoms with Crippen molar-refractivity contribution in [2.75, 3.05) is 7.11 Å². The highest BCUT2D eigenvalue weighted by Crippen LogP contribution is 2.38. The van der Waals surface area contributed by atoms with Crippen LogP contribution in [0.15, 0.2) is 16.5 Å². The standard InChI is InChI=1S/C11H8ClF2NO2S/c1-17-11(16)10-6(4-15-18-10)5-2-3-7(13)9(14)8(5)12/h2-4,6,10H,1H3/t6-,10+/m0/s1. The van der Waals surface area contributed by atoms with Crippen LogP contribution in [-0.2, 0) is 9.53 Å². The van der Waals surface area contributed by atoms with Crippen molar-refractivity contribution in [2.24, 2.45) is 4.40 Å². The third kappa shape index (κ3) is 2.22. The first-order valence-electron chi connectivity index (χ1n) is 4.96. The number of esters is 1. The number of hydrogen-bond acceptors (Lipinski definition) is 4. The number of methoxy groups -OCH3 is 1. The smallest absolute Gasteiger partial charge is 0.321 e. The van der Waals surface area contributed by atoms with Gasteiger partial charge in [-0.05, 0) is 23.6 Å². The minimum absolute atomic E-state index is 0.319. The number of halogens is 3. The van der Waals surface area contributed by atoms with E-state index >= 15 is 0 Å². The summed E-state index contributed by atoms with van der Waals surface area (Å²) in [4.78, 5) is 11.5. The van der Waals surface area contributed by atoms with Crippen LogP contribution in [0.5, 0.6) is 0 Å². The predicted octanol–water partition coefficient (Wildman–Crippen LogP) is 2.98. The Kier molecular flexibility index (Phi) is 3.87. The van der Waals surface area contributed by atoms with Gasteiger partial charge in [0, 0.05) is 12.1 Å². The van der Waals surface area contributed by atoms with Crippen molar-refractivity contribution in [1.82, 2.24) is 0 Å². The normalized spacial score (nSPS) is 22.2. The lowest BCUT2D eigenvalue weighted by molar-refractivity contribution is -0.140. The fourth-order valence-corrected chi connectivity index (χ4v) is 2.80. The van der Waals surface area contributed by atoms with Crippen molar-refractivity contribution in [3.63, 3.8) is 0 Å². The molecule has 96 valence electrons. The van der Waals surface area contributed by atoms with Crippen LogP contribution >= 0.6 is 23.5 Å². The molecule has 0 amide bonds. The molecule has 0 aliphatic carbocycles. The summed E-state index contributed by atoms with van der Waals surface area (Å²) in [7, 11) is 1.26. The topological polar surface area (TPSA) is 38.7 Å². The minimum Gasteiger partial charge on any atom is -0.468 e. The van der Waals surface area contributed by atoms with E-state index in [1.165, 1.54) is 19.4 Å². The van der Waals surface area contributed by atoms with Crippen LogP contribution in [0.25, 0.3) is 0 Å². The minimum atomic E-state index is -1.12. The quantitative estimate of drug-likeness (QED) is 0.478. The number of rotatable bonds is 2. The molecule has 1 aromatic carbocycles. The maximum absolute atomic E-state index is 13.4. The number of hydrogen-bond donors (Lipinski definition) is 0. The van der Waals surface area contributed by atoms with E-state index in [2.05, 4.69) is 9.13 Å². The summed E-state index contributed by atoms with van der Waals surface area (Å²) in [5.74, 6) is -3.16. The molecule has 1 aromatic rings. The van der Waals surface area contributed by atoms with Crippen molar-refractivity contribution < 1.29 is 18.3 Å². The van der Waals surface area contributed by atoms with E-state index in [4.69, 9.17) is 11.6 Å². The van der Waals surface area contributed by atoms with Crippen LogP contribution in [0, 0.1) is 11.6 Å². The first kappa shape index (κ1) is 13.3. The zero-order valence-electron chi connectivity index (χ0n) is 9.19. The van der Waals surface area contributed by atoms with Gasteiger partial charge in [-0.25, -0.2) is 13.2 Å². The highest BCUT2D eigenvalue weighted by molar-refractivity contribution is 7.99. The van der Waals surface area contributed by atoms with Crippen LogP contribution in [-0.4, -0.2) is 24.5 Å². The van der Waals surface area contributed by atoms with E-state index in [0.29, 0.717) is 5.56 Å². The van der Waals surface area contributed by atoms with Gasteiger partial charge in [-0.3, -0.25) is 4.79 Å². The molecule has 1 heterocycles. The van der Waals surface area contributed by atoms with Crippen LogP contribution in [0.2, 0.25) is 5.02 Å². The Morgan fingerprint density at radius 2 is 2.22 bits per heavy atom. The molecule has 0 aromatic heterocycles. The molecule has 7 heteroatoms. The Labute approximate surface area is 111 Å². The van der Waals surface area contributed by atoms with E-state index in [-0.39, 0.29) is 5.02 Å². The van der Waals surface area contributed by atoms with Crippen molar-refractivity contribution in [3.8, 4) is 0 Å². The third-order valence-electron chi connectivity index (χ3n) is 2.58. The van der Waals surface area contributed by atoms with Crippen LogP contribution in [0.1, 0.15) is 11.5 Å². The van der Waals surface area contributed by atoms with E-state index in [0.717, 1.165) is 18.0 Å². The second kappa shape index (κ2) is 5.24. The molecule has 0 saturated carbocycles. The summed E-state index contributed by atoms with van der Waals surface area (Å²) in [6, 6.07) is 2.32. The molecule has 1 aliphatic rings. The van der Waals surface area contributed by atoms with Crippen LogP contribution < -0.4 is 0 Å². The first-order chi connectivity index (χ1) is 8.56. The monoisotopic (exact) mass is 291 g/mol. The van der Waals surface area contributed by atoms with Gasteiger partial charge in [0.05, 0.1) is 12.1 Å². The van der Waals surface area contributed by atoms with Crippen molar-refractivity contribution in [3.05, 3.63) is 34.4 Å². The molecular formula is C11H8ClF2NO2S. The average molecular weight is 292 g/mol. The molecule has 0 spiro atoms. The highest BCUT2D eigenvalue weighted by Gasteiger charge is 2.36. The largest absolute Gasteiger partial charge is 0.468 e. The molecule has 0 bridgehead atoms. The van der Waals surface area contributed by atoms with Gasteiger partial charge >= 0.3 is 5.97 Å². The van der Waals surface area contributed by atoms with E-state index in [9.17, 15) is 13.6 Å². The van der Waals surface area contributed by atoms with Crippen molar-refractivity contribution in [1.29, 1.82) is 0 Å². The lowest BCUT2D eigenvalue weighted by atomic mass is 9.96. The molecular weight excluding hydrogens is 284 g/mol. The summed E-state index contributed by atoms with van der Waals surface area (Å²) in [5, 5.41) is -0.958. The molecule has 1 aliphatic heterocycles. The summed E-state index contributed by atoms with van der Waals surface area (Å²) in [6.07, 6.45) is 1.48. The van der Waals surface area contributed by atoms with Gasteiger partial charge in [0.1, 0.15) is 5.25 Å². The SMILES string of the molecule is COC(=O)[C@@H]1SN=C[C@H]1c1ccc(F)c(F)c1Cl. The second-order valence-electron chi connectivity index (χ2n) is 3.59. The Balaban J connectivity index is 2.39. The fraction of sp³-hybridized carbons (Fsp3) is 0.273. The maximum atomic E-state index is 13.4. The second-order valence-corrected chi connectivity index (χ2v) is 4.90. The zero-order valence-corrected chi connectivity index (χ0v) is 10.8.